The van der Waals surface area contributed by atoms with E-state index in [-0.39, 0.29) is 20.1 Å². The van der Waals surface area contributed by atoms with Gasteiger partial charge in [-0.05, 0) is 46.3 Å². The number of aryl methyl sites for hydroxylation is 1. The van der Waals surface area contributed by atoms with Crippen molar-refractivity contribution in [3.05, 3.63) is 151 Å². The van der Waals surface area contributed by atoms with Crippen LogP contribution in [-0.4, -0.2) is 24.5 Å². The number of rotatable bonds is 3. The standard InChI is InChI=1S/C14H10NS.2C9H7N2.Ir/c1-10-9-13(14-7-4-8-16-14)15-12-6-3-2-5-11(10)12;2*1-2-5-9(6-3-1)11-8-4-7-10-11;/h2-8H,1H3;2*1-6,8H;/q3*-1;+3. The number of fused-ring (bicyclic) bond motifs is 1. The van der Waals surface area contributed by atoms with E-state index in [0.29, 0.717) is 0 Å². The van der Waals surface area contributed by atoms with E-state index in [1.807, 2.05) is 97.3 Å². The van der Waals surface area contributed by atoms with Gasteiger partial charge in [0.1, 0.15) is 0 Å². The summed E-state index contributed by atoms with van der Waals surface area (Å²) in [5, 5.41) is 11.2. The van der Waals surface area contributed by atoms with Crippen LogP contribution in [0.5, 0.6) is 0 Å². The van der Waals surface area contributed by atoms with E-state index >= 15 is 0 Å². The summed E-state index contributed by atoms with van der Waals surface area (Å²) in [6.45, 7) is 2.08. The summed E-state index contributed by atoms with van der Waals surface area (Å²) in [5.41, 5.74) is 5.28. The van der Waals surface area contributed by atoms with Gasteiger partial charge < -0.3 is 19.6 Å². The number of benzene rings is 3. The summed E-state index contributed by atoms with van der Waals surface area (Å²) in [7, 11) is 0. The first-order valence-electron chi connectivity index (χ1n) is 12.0. The van der Waals surface area contributed by atoms with Gasteiger partial charge in [0, 0.05) is 16.9 Å². The molecular weight excluding hydrogens is 679 g/mol. The number of pyridine rings is 1. The summed E-state index contributed by atoms with van der Waals surface area (Å²) in [6, 6.07) is 39.1. The number of para-hydroxylation sites is 3. The van der Waals surface area contributed by atoms with Crippen molar-refractivity contribution in [2.24, 2.45) is 0 Å². The SMILES string of the molecule is Cc1[c-]c(-c2cccs2)nc2ccccc12.[Ir+3].[c-]1ccn(-c2ccccc2)n1.[c-]1ccn(-c2ccccc2)n1. The Bertz CT molecular complexity index is 1580. The molecule has 0 atom stereocenters. The van der Waals surface area contributed by atoms with Gasteiger partial charge in [0.25, 0.3) is 0 Å². The molecule has 0 radical (unpaired) electrons. The largest absolute Gasteiger partial charge is 3.00 e. The normalized spacial score (nSPS) is 9.97. The van der Waals surface area contributed by atoms with Gasteiger partial charge in [-0.25, -0.2) is 11.3 Å². The smallest absolute Gasteiger partial charge is 0.338 e. The predicted molar refractivity (Wildman–Crippen MR) is 153 cm³/mol. The van der Waals surface area contributed by atoms with Crippen molar-refractivity contribution in [3.63, 3.8) is 0 Å². The Morgan fingerprint density at radius 3 is 1.74 bits per heavy atom. The van der Waals surface area contributed by atoms with Crippen LogP contribution in [0, 0.1) is 25.4 Å². The first kappa shape index (κ1) is 27.9. The molecule has 192 valence electrons. The molecule has 5 nitrogen and oxygen atoms in total. The maximum Gasteiger partial charge on any atom is 3.00 e. The zero-order chi connectivity index (χ0) is 26.0. The van der Waals surface area contributed by atoms with Crippen molar-refractivity contribution < 1.29 is 20.1 Å². The van der Waals surface area contributed by atoms with Crippen LogP contribution in [0.2, 0.25) is 0 Å². The van der Waals surface area contributed by atoms with E-state index in [9.17, 15) is 0 Å². The van der Waals surface area contributed by atoms with Gasteiger partial charge in [-0.3, -0.25) is 4.98 Å². The average molecular weight is 703 g/mol. The van der Waals surface area contributed by atoms with Crippen molar-refractivity contribution in [2.75, 3.05) is 0 Å². The molecule has 7 rings (SSSR count). The predicted octanol–water partition coefficient (Wildman–Crippen LogP) is 7.41. The van der Waals surface area contributed by atoms with Gasteiger partial charge in [-0.15, -0.1) is 30.9 Å². The van der Waals surface area contributed by atoms with E-state index in [0.717, 1.165) is 28.1 Å². The maximum absolute atomic E-state index is 4.63. The molecule has 7 aromatic rings. The Morgan fingerprint density at radius 1 is 0.667 bits per heavy atom. The van der Waals surface area contributed by atoms with E-state index in [1.54, 1.807) is 32.8 Å². The number of hydrogen-bond donors (Lipinski definition) is 0. The molecule has 3 aromatic carbocycles. The molecular formula is C32H24IrN5S. The first-order valence-corrected chi connectivity index (χ1v) is 12.9. The zero-order valence-corrected chi connectivity index (χ0v) is 24.3. The fourth-order valence-electron chi connectivity index (χ4n) is 3.73. The van der Waals surface area contributed by atoms with E-state index in [1.165, 1.54) is 10.3 Å². The van der Waals surface area contributed by atoms with Crippen LogP contribution in [0.15, 0.2) is 127 Å². The van der Waals surface area contributed by atoms with Gasteiger partial charge in [0.2, 0.25) is 0 Å². The molecule has 0 N–H and O–H groups in total. The molecule has 0 spiro atoms. The third kappa shape index (κ3) is 7.45. The van der Waals surface area contributed by atoms with E-state index in [4.69, 9.17) is 0 Å². The fourth-order valence-corrected chi connectivity index (χ4v) is 4.40. The maximum atomic E-state index is 4.63. The third-order valence-corrected chi connectivity index (χ3v) is 6.43. The minimum Gasteiger partial charge on any atom is -0.338 e. The Hall–Kier alpha value is -4.16. The monoisotopic (exact) mass is 703 g/mol. The molecule has 0 aliphatic heterocycles. The molecule has 7 heteroatoms. The Kier molecular flexibility index (Phi) is 10.1. The third-order valence-electron chi connectivity index (χ3n) is 5.55. The molecule has 0 bridgehead atoms. The molecule has 39 heavy (non-hydrogen) atoms. The van der Waals surface area contributed by atoms with Crippen molar-refractivity contribution in [1.29, 1.82) is 0 Å². The molecule has 0 amide bonds. The van der Waals surface area contributed by atoms with Crippen LogP contribution in [0.25, 0.3) is 32.8 Å². The summed E-state index contributed by atoms with van der Waals surface area (Å²) in [6.07, 6.45) is 9.22. The van der Waals surface area contributed by atoms with Gasteiger partial charge in [0.05, 0.1) is 0 Å². The first-order chi connectivity index (χ1) is 18.8. The number of aromatic nitrogens is 5. The molecule has 0 saturated carbocycles. The molecule has 0 fully saturated rings. The molecule has 4 heterocycles. The van der Waals surface area contributed by atoms with Crippen LogP contribution in [0.1, 0.15) is 5.56 Å². The van der Waals surface area contributed by atoms with Gasteiger partial charge in [-0.2, -0.15) is 23.8 Å². The quantitative estimate of drug-likeness (QED) is 0.180. The number of nitrogens with zero attached hydrogens (tertiary/aromatic N) is 5. The van der Waals surface area contributed by atoms with Crippen LogP contribution in [0.4, 0.5) is 0 Å². The van der Waals surface area contributed by atoms with Crippen molar-refractivity contribution in [1.82, 2.24) is 24.5 Å². The molecule has 0 saturated heterocycles. The van der Waals surface area contributed by atoms with Gasteiger partial charge in [-0.1, -0.05) is 73.0 Å². The van der Waals surface area contributed by atoms with Gasteiger partial charge in [0.15, 0.2) is 0 Å². The Labute approximate surface area is 245 Å². The second kappa shape index (κ2) is 14.1. The van der Waals surface area contributed by atoms with Crippen LogP contribution in [-0.2, 0) is 20.1 Å². The zero-order valence-electron chi connectivity index (χ0n) is 21.1. The van der Waals surface area contributed by atoms with E-state index < -0.39 is 0 Å². The minimum atomic E-state index is 0. The van der Waals surface area contributed by atoms with Crippen molar-refractivity contribution in [3.8, 4) is 21.9 Å². The Morgan fingerprint density at radius 2 is 1.23 bits per heavy atom. The Balaban J connectivity index is 0.000000138. The van der Waals surface area contributed by atoms with Crippen LogP contribution >= 0.6 is 11.3 Å². The van der Waals surface area contributed by atoms with Crippen LogP contribution < -0.4 is 0 Å². The second-order valence-electron chi connectivity index (χ2n) is 8.15. The minimum absolute atomic E-state index is 0. The summed E-state index contributed by atoms with van der Waals surface area (Å²) in [4.78, 5) is 5.81. The average Bonchev–Trinajstić information content (AvgIpc) is 3.79. The molecule has 0 aliphatic rings. The second-order valence-corrected chi connectivity index (χ2v) is 9.10. The summed E-state index contributed by atoms with van der Waals surface area (Å²) < 4.78 is 3.56. The topological polar surface area (TPSA) is 48.5 Å². The summed E-state index contributed by atoms with van der Waals surface area (Å²) in [5.74, 6) is 0. The van der Waals surface area contributed by atoms with E-state index in [2.05, 4.69) is 58.1 Å². The van der Waals surface area contributed by atoms with Gasteiger partial charge >= 0.3 is 20.1 Å². The molecule has 0 unspecified atom stereocenters. The number of thiophene rings is 1. The van der Waals surface area contributed by atoms with Crippen molar-refractivity contribution >= 4 is 22.2 Å². The molecule has 0 aliphatic carbocycles. The number of hydrogen-bond acceptors (Lipinski definition) is 4. The van der Waals surface area contributed by atoms with Crippen molar-refractivity contribution in [2.45, 2.75) is 6.92 Å². The summed E-state index contributed by atoms with van der Waals surface area (Å²) >= 11 is 1.70. The fraction of sp³-hybridized carbons (Fsp3) is 0.0312. The molecule has 4 aromatic heterocycles. The van der Waals surface area contributed by atoms with Crippen LogP contribution in [0.3, 0.4) is 0 Å².